The molecule has 1 atom stereocenters. The van der Waals surface area contributed by atoms with Crippen molar-refractivity contribution >= 4 is 123 Å². The maximum absolute atomic E-state index is 12.5. The number of aryl methyl sites for hydroxylation is 1. The Bertz CT molecular complexity index is 1860. The van der Waals surface area contributed by atoms with Gasteiger partial charge in [-0.25, -0.2) is 0 Å². The van der Waals surface area contributed by atoms with E-state index < -0.39 is 0 Å². The van der Waals surface area contributed by atoms with Gasteiger partial charge in [0.25, 0.3) is 0 Å². The highest BCUT2D eigenvalue weighted by molar-refractivity contribution is 9.10. The molecule has 6 rings (SSSR count). The van der Waals surface area contributed by atoms with Crippen LogP contribution < -0.4 is 5.43 Å². The maximum atomic E-state index is 12.5. The average molecular weight is 807 g/mol. The number of hydrogen-bond acceptors (Lipinski definition) is 3. The molecule has 0 amide bonds. The van der Waals surface area contributed by atoms with Crippen LogP contribution >= 0.6 is 89.9 Å². The third kappa shape index (κ3) is 8.73. The van der Waals surface area contributed by atoms with Crippen LogP contribution in [0.3, 0.4) is 0 Å². The molecule has 2 heterocycles. The van der Waals surface area contributed by atoms with E-state index in [1.807, 2.05) is 49.4 Å². The highest BCUT2D eigenvalue weighted by atomic mass is 79.9. The molecule has 0 spiro atoms. The predicted molar refractivity (Wildman–Crippen MR) is 198 cm³/mol. The largest absolute Gasteiger partial charge is 0.287 e. The lowest BCUT2D eigenvalue weighted by Gasteiger charge is -2.13. The molecule has 0 radical (unpaired) electrons. The maximum Gasteiger partial charge on any atom is 0.212 e. The van der Waals surface area contributed by atoms with E-state index in [2.05, 4.69) is 54.8 Å². The van der Waals surface area contributed by atoms with Gasteiger partial charge in [-0.3, -0.25) is 14.8 Å². The number of benzene rings is 2. The SMILES string of the molecule is C.C.CC1=Cc2cc(Br)cnc2C(Cl)c2ccc(Cl)cc21.Cc1cc2cc(Br)cnc2c(=O)c2ccc(Cl)cc12.ClCCl. The number of rotatable bonds is 0. The number of fused-ring (bicyclic) bond motifs is 4. The van der Waals surface area contributed by atoms with E-state index in [0.29, 0.717) is 15.9 Å². The molecule has 0 N–H and O–H groups in total. The molecule has 3 nitrogen and oxygen atoms in total. The van der Waals surface area contributed by atoms with E-state index in [4.69, 9.17) is 58.0 Å². The van der Waals surface area contributed by atoms with Crippen LogP contribution in [0.25, 0.3) is 33.3 Å². The molecule has 1 aliphatic rings. The van der Waals surface area contributed by atoms with Crippen LogP contribution in [0.15, 0.2) is 80.7 Å². The lowest BCUT2D eigenvalue weighted by atomic mass is 9.99. The van der Waals surface area contributed by atoms with Crippen LogP contribution in [0.2, 0.25) is 10.0 Å². The first-order valence-corrected chi connectivity index (χ1v) is 16.0. The van der Waals surface area contributed by atoms with Gasteiger partial charge >= 0.3 is 0 Å². The number of aromatic nitrogens is 2. The highest BCUT2D eigenvalue weighted by Gasteiger charge is 2.23. The minimum Gasteiger partial charge on any atom is -0.287 e. The van der Waals surface area contributed by atoms with Crippen molar-refractivity contribution in [3.05, 3.63) is 124 Å². The van der Waals surface area contributed by atoms with Crippen molar-refractivity contribution in [2.45, 2.75) is 34.1 Å². The van der Waals surface area contributed by atoms with Gasteiger partial charge in [0, 0.05) is 42.2 Å². The van der Waals surface area contributed by atoms with Crippen LogP contribution in [0, 0.1) is 6.92 Å². The molecule has 2 aromatic heterocycles. The van der Waals surface area contributed by atoms with E-state index >= 15 is 0 Å². The summed E-state index contributed by atoms with van der Waals surface area (Å²) in [7, 11) is 0. The van der Waals surface area contributed by atoms with Gasteiger partial charge < -0.3 is 0 Å². The summed E-state index contributed by atoms with van der Waals surface area (Å²) >= 11 is 35.1. The van der Waals surface area contributed by atoms with E-state index in [9.17, 15) is 4.79 Å². The normalized spacial score (nSPS) is 13.0. The Morgan fingerprint density at radius 2 is 1.42 bits per heavy atom. The molecule has 3 aromatic carbocycles. The van der Waals surface area contributed by atoms with Crippen molar-refractivity contribution in [2.24, 2.45) is 0 Å². The summed E-state index contributed by atoms with van der Waals surface area (Å²) in [4.78, 5) is 21.2. The topological polar surface area (TPSA) is 42.9 Å². The Balaban J connectivity index is 0.000000264. The van der Waals surface area contributed by atoms with Crippen molar-refractivity contribution in [3.63, 3.8) is 0 Å². The van der Waals surface area contributed by atoms with Gasteiger partial charge in [-0.2, -0.15) is 0 Å². The summed E-state index contributed by atoms with van der Waals surface area (Å²) in [5, 5.41) is 3.61. The molecule has 0 fully saturated rings. The number of hydrogen-bond donors (Lipinski definition) is 0. The quantitative estimate of drug-likeness (QED) is 0.146. The standard InChI is InChI=1S/C15H10BrCl2N.C15H9BrClNO.CH2Cl2.2CH4/c1-8-4-9-5-10(16)7-19-15(9)14(18)12-3-2-11(17)6-13(8)12;1-8-4-9-5-10(16)7-18-14(9)15(19)12-3-2-11(17)6-13(8)12;2-1-3;;/h2-7,14H,1H3;2-7H,1H3;1H2;2*1H4. The molecule has 226 valence electrons. The minimum absolute atomic E-state index is 0. The Kier molecular flexibility index (Phi) is 14.4. The van der Waals surface area contributed by atoms with Crippen molar-refractivity contribution in [3.8, 4) is 0 Å². The lowest BCUT2D eigenvalue weighted by molar-refractivity contribution is 1.03. The molecular formula is C33H29Br2Cl5N2O. The monoisotopic (exact) mass is 802 g/mol. The first kappa shape index (κ1) is 37.5. The van der Waals surface area contributed by atoms with Crippen molar-refractivity contribution in [1.29, 1.82) is 0 Å². The molecule has 0 aliphatic heterocycles. The van der Waals surface area contributed by atoms with Crippen LogP contribution in [-0.2, 0) is 0 Å². The molecule has 43 heavy (non-hydrogen) atoms. The average Bonchev–Trinajstić information content (AvgIpc) is 3.09. The summed E-state index contributed by atoms with van der Waals surface area (Å²) < 4.78 is 1.80. The van der Waals surface area contributed by atoms with Crippen molar-refractivity contribution in [1.82, 2.24) is 9.97 Å². The van der Waals surface area contributed by atoms with E-state index in [0.717, 1.165) is 58.3 Å². The van der Waals surface area contributed by atoms with E-state index in [1.54, 1.807) is 24.5 Å². The van der Waals surface area contributed by atoms with E-state index in [-0.39, 0.29) is 31.0 Å². The van der Waals surface area contributed by atoms with Gasteiger partial charge in [-0.15, -0.1) is 34.8 Å². The fourth-order valence-electron chi connectivity index (χ4n) is 4.58. The molecule has 1 unspecified atom stereocenters. The number of halogens is 7. The van der Waals surface area contributed by atoms with E-state index in [1.165, 1.54) is 0 Å². The zero-order chi connectivity index (χ0) is 29.8. The molecule has 0 saturated carbocycles. The van der Waals surface area contributed by atoms with Gasteiger partial charge in [0.1, 0.15) is 10.9 Å². The summed E-state index contributed by atoms with van der Waals surface area (Å²) in [5.74, 6) is 0. The summed E-state index contributed by atoms with van der Waals surface area (Å²) in [6, 6.07) is 17.0. The molecule has 5 aromatic rings. The zero-order valence-electron chi connectivity index (χ0n) is 21.7. The predicted octanol–water partition coefficient (Wildman–Crippen LogP) is 12.9. The smallest absolute Gasteiger partial charge is 0.212 e. The van der Waals surface area contributed by atoms with Gasteiger partial charge in [-0.05, 0) is 134 Å². The number of alkyl halides is 3. The second-order valence-corrected chi connectivity index (χ2v) is 13.0. The minimum atomic E-state index is -0.260. The first-order chi connectivity index (χ1) is 19.5. The third-order valence-electron chi connectivity index (χ3n) is 6.36. The number of allylic oxidation sites excluding steroid dienone is 1. The van der Waals surface area contributed by atoms with Crippen LogP contribution in [0.4, 0.5) is 0 Å². The fraction of sp³-hybridized carbons (Fsp3) is 0.182. The van der Waals surface area contributed by atoms with Gasteiger partial charge in [0.2, 0.25) is 5.43 Å². The zero-order valence-corrected chi connectivity index (χ0v) is 28.6. The first-order valence-electron chi connectivity index (χ1n) is 12.1. The second-order valence-electron chi connectivity index (χ2n) is 9.09. The molecule has 10 heteroatoms. The highest BCUT2D eigenvalue weighted by Crippen LogP contribution is 2.40. The number of pyridine rings is 2. The van der Waals surface area contributed by atoms with Gasteiger partial charge in [-0.1, -0.05) is 44.1 Å². The fourth-order valence-corrected chi connectivity index (χ4v) is 5.99. The Morgan fingerprint density at radius 1 is 0.814 bits per heavy atom. The second kappa shape index (κ2) is 16.6. The summed E-state index contributed by atoms with van der Waals surface area (Å²) in [6.07, 6.45) is 5.52. The van der Waals surface area contributed by atoms with Crippen molar-refractivity contribution in [2.75, 3.05) is 5.34 Å². The molecule has 1 aliphatic carbocycles. The Labute approximate surface area is 294 Å². The Hall–Kier alpha value is -1.70. The summed E-state index contributed by atoms with van der Waals surface area (Å²) in [5.41, 5.74) is 6.61. The molecular weight excluding hydrogens is 777 g/mol. The van der Waals surface area contributed by atoms with Crippen LogP contribution in [0.1, 0.15) is 55.1 Å². The van der Waals surface area contributed by atoms with Gasteiger partial charge in [0.15, 0.2) is 0 Å². The van der Waals surface area contributed by atoms with Crippen molar-refractivity contribution < 1.29 is 0 Å². The molecule has 0 saturated heterocycles. The third-order valence-corrected chi connectivity index (χ3v) is 8.14. The van der Waals surface area contributed by atoms with Crippen LogP contribution in [-0.4, -0.2) is 15.3 Å². The molecule has 0 bridgehead atoms. The number of nitrogens with zero attached hydrogens (tertiary/aromatic N) is 2. The van der Waals surface area contributed by atoms with Gasteiger partial charge in [0.05, 0.1) is 11.0 Å². The van der Waals surface area contributed by atoms with Crippen LogP contribution in [0.5, 0.6) is 0 Å². The lowest BCUT2D eigenvalue weighted by Crippen LogP contribution is -2.00. The Morgan fingerprint density at radius 3 is 2.12 bits per heavy atom. The summed E-state index contributed by atoms with van der Waals surface area (Å²) in [6.45, 7) is 4.03.